The number of hydrogen-bond donors (Lipinski definition) is 3. The maximum absolute atomic E-state index is 6.16. The molecule has 152 valence electrons. The summed E-state index contributed by atoms with van der Waals surface area (Å²) < 4.78 is 1.42. The van der Waals surface area contributed by atoms with Crippen molar-refractivity contribution in [3.05, 3.63) is 64.9 Å². The van der Waals surface area contributed by atoms with Crippen LogP contribution in [0.2, 0.25) is 5.02 Å². The van der Waals surface area contributed by atoms with Crippen LogP contribution >= 0.6 is 23.4 Å². The summed E-state index contributed by atoms with van der Waals surface area (Å²) in [4.78, 5) is 12.8. The Kier molecular flexibility index (Phi) is 5.68. The second-order valence-corrected chi connectivity index (χ2v) is 7.72. The number of nitrogens with two attached hydrogens (primary N) is 2. The van der Waals surface area contributed by atoms with Gasteiger partial charge in [0.25, 0.3) is 0 Å². The quantitative estimate of drug-likeness (QED) is 0.305. The van der Waals surface area contributed by atoms with Gasteiger partial charge in [-0.25, -0.2) is 4.68 Å². The SMILES string of the molecule is Cc1ccccc1Nc1nc(N)nc(CSc2nnc(-c3ccc(Cl)cc3)n2N)n1. The molecule has 30 heavy (non-hydrogen) atoms. The van der Waals surface area contributed by atoms with E-state index in [1.54, 1.807) is 12.1 Å². The largest absolute Gasteiger partial charge is 0.368 e. The van der Waals surface area contributed by atoms with Crippen molar-refractivity contribution in [3.8, 4) is 11.4 Å². The molecule has 0 atom stereocenters. The van der Waals surface area contributed by atoms with Crippen molar-refractivity contribution in [1.82, 2.24) is 29.8 Å². The fraction of sp³-hybridized carbons (Fsp3) is 0.105. The molecule has 4 rings (SSSR count). The van der Waals surface area contributed by atoms with E-state index >= 15 is 0 Å². The average Bonchev–Trinajstić information content (AvgIpc) is 3.09. The number of halogens is 1. The van der Waals surface area contributed by atoms with Crippen molar-refractivity contribution >= 4 is 40.9 Å². The third-order valence-corrected chi connectivity index (χ3v) is 5.38. The molecule has 0 saturated heterocycles. The van der Waals surface area contributed by atoms with Gasteiger partial charge in [0, 0.05) is 16.3 Å². The Morgan fingerprint density at radius 1 is 1.03 bits per heavy atom. The van der Waals surface area contributed by atoms with Gasteiger partial charge in [-0.3, -0.25) is 0 Å². The zero-order valence-electron chi connectivity index (χ0n) is 16.0. The van der Waals surface area contributed by atoms with Gasteiger partial charge < -0.3 is 16.9 Å². The van der Waals surface area contributed by atoms with Gasteiger partial charge in [-0.1, -0.05) is 41.6 Å². The standard InChI is InChI=1S/C19H18ClN9S/c1-11-4-2-3-5-14(11)23-18-25-15(24-17(21)26-18)10-30-19-28-27-16(29(19)22)12-6-8-13(20)9-7-12/h2-9H,10,22H2,1H3,(H3,21,23,24,25,26). The molecule has 0 fully saturated rings. The molecule has 9 nitrogen and oxygen atoms in total. The van der Waals surface area contributed by atoms with Crippen LogP contribution in [-0.4, -0.2) is 29.8 Å². The van der Waals surface area contributed by atoms with Crippen molar-refractivity contribution in [2.24, 2.45) is 0 Å². The smallest absolute Gasteiger partial charge is 0.232 e. The number of benzene rings is 2. The third kappa shape index (κ3) is 4.44. The van der Waals surface area contributed by atoms with E-state index in [2.05, 4.69) is 30.5 Å². The van der Waals surface area contributed by atoms with Crippen LogP contribution in [0.25, 0.3) is 11.4 Å². The molecule has 11 heteroatoms. The summed E-state index contributed by atoms with van der Waals surface area (Å²) >= 11 is 7.28. The Balaban J connectivity index is 1.50. The number of nitrogens with one attached hydrogen (secondary N) is 1. The van der Waals surface area contributed by atoms with E-state index in [0.29, 0.717) is 33.5 Å². The number of anilines is 3. The van der Waals surface area contributed by atoms with E-state index in [1.165, 1.54) is 16.4 Å². The van der Waals surface area contributed by atoms with E-state index in [0.717, 1.165) is 16.8 Å². The van der Waals surface area contributed by atoms with Crippen LogP contribution in [0.15, 0.2) is 53.7 Å². The first-order valence-electron chi connectivity index (χ1n) is 8.92. The highest BCUT2D eigenvalue weighted by atomic mass is 35.5. The number of nitrogen functional groups attached to an aromatic ring is 2. The molecule has 2 heterocycles. The van der Waals surface area contributed by atoms with E-state index < -0.39 is 0 Å². The summed E-state index contributed by atoms with van der Waals surface area (Å²) in [6.07, 6.45) is 0. The molecular weight excluding hydrogens is 422 g/mol. The van der Waals surface area contributed by atoms with Gasteiger partial charge in [0.05, 0.1) is 5.75 Å². The Labute approximate surface area is 181 Å². The first kappa shape index (κ1) is 19.9. The molecule has 0 aliphatic heterocycles. The first-order chi connectivity index (χ1) is 14.5. The molecule has 5 N–H and O–H groups in total. The summed E-state index contributed by atoms with van der Waals surface area (Å²) in [5.41, 5.74) is 8.64. The normalized spacial score (nSPS) is 10.9. The molecular formula is C19H18ClN9S. The predicted molar refractivity (Wildman–Crippen MR) is 119 cm³/mol. The third-order valence-electron chi connectivity index (χ3n) is 4.19. The molecule has 4 aromatic rings. The van der Waals surface area contributed by atoms with Crippen LogP contribution in [0.3, 0.4) is 0 Å². The number of aryl methyl sites for hydroxylation is 1. The van der Waals surface area contributed by atoms with Gasteiger partial charge in [-0.2, -0.15) is 15.0 Å². The zero-order valence-corrected chi connectivity index (χ0v) is 17.5. The molecule has 0 bridgehead atoms. The van der Waals surface area contributed by atoms with Crippen LogP contribution in [0.5, 0.6) is 0 Å². The molecule has 0 radical (unpaired) electrons. The number of hydrogen-bond acceptors (Lipinski definition) is 9. The van der Waals surface area contributed by atoms with Crippen LogP contribution in [-0.2, 0) is 5.75 Å². The lowest BCUT2D eigenvalue weighted by Crippen LogP contribution is -2.12. The maximum Gasteiger partial charge on any atom is 0.232 e. The lowest BCUT2D eigenvalue weighted by molar-refractivity contribution is 0.847. The Morgan fingerprint density at radius 2 is 1.80 bits per heavy atom. The van der Waals surface area contributed by atoms with Crippen molar-refractivity contribution in [2.75, 3.05) is 16.9 Å². The number of thioether (sulfide) groups is 1. The lowest BCUT2D eigenvalue weighted by Gasteiger charge is -2.09. The topological polar surface area (TPSA) is 133 Å². The highest BCUT2D eigenvalue weighted by Gasteiger charge is 2.14. The van der Waals surface area contributed by atoms with E-state index in [1.807, 2.05) is 43.3 Å². The Hall–Kier alpha value is -3.37. The minimum absolute atomic E-state index is 0.132. The van der Waals surface area contributed by atoms with Crippen LogP contribution < -0.4 is 16.9 Å². The summed E-state index contributed by atoms with van der Waals surface area (Å²) in [6.45, 7) is 2.00. The monoisotopic (exact) mass is 439 g/mol. The van der Waals surface area contributed by atoms with Crippen LogP contribution in [0.4, 0.5) is 17.6 Å². The summed E-state index contributed by atoms with van der Waals surface area (Å²) in [5.74, 6) is 8.10. The van der Waals surface area contributed by atoms with Gasteiger partial charge in [-0.05, 0) is 42.8 Å². The fourth-order valence-corrected chi connectivity index (χ4v) is 3.53. The van der Waals surface area contributed by atoms with Crippen molar-refractivity contribution in [1.29, 1.82) is 0 Å². The van der Waals surface area contributed by atoms with Crippen LogP contribution in [0.1, 0.15) is 11.4 Å². The van der Waals surface area contributed by atoms with Gasteiger partial charge >= 0.3 is 0 Å². The Morgan fingerprint density at radius 3 is 2.57 bits per heavy atom. The van der Waals surface area contributed by atoms with Crippen molar-refractivity contribution < 1.29 is 0 Å². The van der Waals surface area contributed by atoms with Crippen molar-refractivity contribution in [3.63, 3.8) is 0 Å². The molecule has 0 saturated carbocycles. The van der Waals surface area contributed by atoms with E-state index in [4.69, 9.17) is 23.2 Å². The van der Waals surface area contributed by atoms with Gasteiger partial charge in [0.2, 0.25) is 17.1 Å². The summed E-state index contributed by atoms with van der Waals surface area (Å²) in [7, 11) is 0. The van der Waals surface area contributed by atoms with Crippen molar-refractivity contribution in [2.45, 2.75) is 17.8 Å². The summed E-state index contributed by atoms with van der Waals surface area (Å²) in [5, 5.41) is 12.6. The predicted octanol–water partition coefficient (Wildman–Crippen LogP) is 3.42. The first-order valence-corrected chi connectivity index (χ1v) is 10.3. The number of nitrogens with zero attached hydrogens (tertiary/aromatic N) is 6. The second kappa shape index (κ2) is 8.56. The summed E-state index contributed by atoms with van der Waals surface area (Å²) in [6, 6.07) is 15.0. The fourth-order valence-electron chi connectivity index (χ4n) is 2.69. The number of rotatable bonds is 6. The number of aromatic nitrogens is 6. The maximum atomic E-state index is 6.16. The van der Waals surface area contributed by atoms with Gasteiger partial charge in [0.15, 0.2) is 5.82 Å². The van der Waals surface area contributed by atoms with Gasteiger partial charge in [-0.15, -0.1) is 10.2 Å². The number of para-hydroxylation sites is 1. The molecule has 0 amide bonds. The minimum atomic E-state index is 0.132. The molecule has 0 unspecified atom stereocenters. The van der Waals surface area contributed by atoms with E-state index in [-0.39, 0.29) is 5.95 Å². The van der Waals surface area contributed by atoms with Gasteiger partial charge in [0.1, 0.15) is 5.82 Å². The lowest BCUT2D eigenvalue weighted by atomic mass is 10.2. The highest BCUT2D eigenvalue weighted by molar-refractivity contribution is 7.98. The van der Waals surface area contributed by atoms with E-state index in [9.17, 15) is 0 Å². The zero-order chi connectivity index (χ0) is 21.1. The molecule has 2 aromatic heterocycles. The Bertz CT molecular complexity index is 1180. The molecule has 2 aromatic carbocycles. The minimum Gasteiger partial charge on any atom is -0.368 e. The molecule has 0 aliphatic rings. The average molecular weight is 440 g/mol. The molecule has 0 spiro atoms. The molecule has 0 aliphatic carbocycles. The highest BCUT2D eigenvalue weighted by Crippen LogP contribution is 2.25. The van der Waals surface area contributed by atoms with Crippen LogP contribution in [0, 0.1) is 6.92 Å². The second-order valence-electron chi connectivity index (χ2n) is 6.35.